The van der Waals surface area contributed by atoms with Gasteiger partial charge in [-0.25, -0.2) is 9.78 Å². The molecule has 1 aliphatic carbocycles. The number of benzene rings is 1. The fourth-order valence-corrected chi connectivity index (χ4v) is 4.69. The highest BCUT2D eigenvalue weighted by atomic mass is 35.5. The number of piperazine rings is 1. The number of halogens is 1. The highest BCUT2D eigenvalue weighted by Gasteiger charge is 2.26. The van der Waals surface area contributed by atoms with E-state index in [0.717, 1.165) is 31.4 Å². The van der Waals surface area contributed by atoms with Gasteiger partial charge in [-0.1, -0.05) is 11.6 Å². The number of carbonyl (C=O) groups is 3. The first-order valence-corrected chi connectivity index (χ1v) is 12.4. The fourth-order valence-electron chi connectivity index (χ4n) is 4.58. The van der Waals surface area contributed by atoms with Gasteiger partial charge in [-0.3, -0.25) is 14.9 Å². The van der Waals surface area contributed by atoms with E-state index in [-0.39, 0.29) is 23.9 Å². The number of pyridine rings is 1. The van der Waals surface area contributed by atoms with Crippen molar-refractivity contribution in [3.63, 3.8) is 0 Å². The molecule has 10 nitrogen and oxygen atoms in total. The maximum Gasteiger partial charge on any atom is 0.411 e. The van der Waals surface area contributed by atoms with E-state index in [1.54, 1.807) is 29.2 Å². The molecule has 11 heteroatoms. The van der Waals surface area contributed by atoms with Gasteiger partial charge in [0.05, 0.1) is 24.0 Å². The predicted molar refractivity (Wildman–Crippen MR) is 138 cm³/mol. The Kier molecular flexibility index (Phi) is 8.27. The summed E-state index contributed by atoms with van der Waals surface area (Å²) in [7, 11) is 1.29. The molecule has 2 aromatic rings. The van der Waals surface area contributed by atoms with Crippen molar-refractivity contribution in [2.24, 2.45) is 5.73 Å². The second-order valence-corrected chi connectivity index (χ2v) is 9.47. The normalized spacial score (nSPS) is 20.0. The molecule has 0 bridgehead atoms. The Bertz CT molecular complexity index is 1100. The SMILES string of the molecule is COC(=O)Nc1cc(C(=O)NC2CCC(N)CC2)ccc1N1CCN(C(=O)c2ccc(Cl)nc2)CC1. The van der Waals surface area contributed by atoms with Gasteiger partial charge in [0.2, 0.25) is 0 Å². The number of nitrogens with zero attached hydrogens (tertiary/aromatic N) is 3. The number of methoxy groups -OCH3 is 1. The molecule has 0 unspecified atom stereocenters. The maximum atomic E-state index is 12.9. The van der Waals surface area contributed by atoms with Crippen LogP contribution < -0.4 is 21.3 Å². The monoisotopic (exact) mass is 514 g/mol. The fraction of sp³-hybridized carbons (Fsp3) is 0.440. The second-order valence-electron chi connectivity index (χ2n) is 9.08. The van der Waals surface area contributed by atoms with Gasteiger partial charge < -0.3 is 25.6 Å². The van der Waals surface area contributed by atoms with Crippen LogP contribution in [0.5, 0.6) is 0 Å². The molecule has 192 valence electrons. The first-order chi connectivity index (χ1) is 17.3. The lowest BCUT2D eigenvalue weighted by Gasteiger charge is -2.37. The van der Waals surface area contributed by atoms with E-state index in [9.17, 15) is 14.4 Å². The Morgan fingerprint density at radius 3 is 2.36 bits per heavy atom. The molecule has 1 saturated carbocycles. The summed E-state index contributed by atoms with van der Waals surface area (Å²) >= 11 is 5.82. The van der Waals surface area contributed by atoms with Crippen LogP contribution in [-0.4, -0.2) is 73.2 Å². The molecule has 36 heavy (non-hydrogen) atoms. The minimum atomic E-state index is -0.626. The van der Waals surface area contributed by atoms with Crippen molar-refractivity contribution in [3.05, 3.63) is 52.8 Å². The summed E-state index contributed by atoms with van der Waals surface area (Å²) in [5.41, 5.74) is 8.12. The third-order valence-corrected chi connectivity index (χ3v) is 6.89. The van der Waals surface area contributed by atoms with E-state index in [0.29, 0.717) is 48.1 Å². The van der Waals surface area contributed by atoms with Crippen LogP contribution in [0.1, 0.15) is 46.4 Å². The number of amides is 3. The molecule has 1 saturated heterocycles. The van der Waals surface area contributed by atoms with Crippen molar-refractivity contribution in [3.8, 4) is 0 Å². The Morgan fingerprint density at radius 1 is 1.03 bits per heavy atom. The van der Waals surface area contributed by atoms with Crippen molar-refractivity contribution in [2.75, 3.05) is 43.5 Å². The van der Waals surface area contributed by atoms with Crippen LogP contribution in [0.2, 0.25) is 5.15 Å². The molecule has 1 aromatic carbocycles. The van der Waals surface area contributed by atoms with Crippen molar-refractivity contribution in [1.82, 2.24) is 15.2 Å². The number of carbonyl (C=O) groups excluding carboxylic acids is 3. The largest absolute Gasteiger partial charge is 0.453 e. The van der Waals surface area contributed by atoms with E-state index in [2.05, 4.69) is 20.5 Å². The zero-order valence-electron chi connectivity index (χ0n) is 20.2. The molecule has 2 heterocycles. The zero-order chi connectivity index (χ0) is 25.7. The molecular formula is C25H31ClN6O4. The standard InChI is InChI=1S/C25H31ClN6O4/c1-36-25(35)30-20-14-16(23(33)29-19-6-4-18(27)5-7-19)2-8-21(20)31-10-12-32(13-11-31)24(34)17-3-9-22(26)28-15-17/h2-3,8-9,14-15,18-19H,4-7,10-13,27H2,1H3,(H,29,33)(H,30,35). The second kappa shape index (κ2) is 11.6. The van der Waals surface area contributed by atoms with E-state index < -0.39 is 6.09 Å². The Morgan fingerprint density at radius 2 is 1.72 bits per heavy atom. The lowest BCUT2D eigenvalue weighted by Crippen LogP contribution is -2.49. The average Bonchev–Trinajstić information content (AvgIpc) is 2.90. The van der Waals surface area contributed by atoms with Crippen LogP contribution in [0, 0.1) is 0 Å². The number of anilines is 2. The van der Waals surface area contributed by atoms with Gasteiger partial charge in [0.15, 0.2) is 0 Å². The van der Waals surface area contributed by atoms with Gasteiger partial charge in [-0.05, 0) is 56.0 Å². The number of aromatic nitrogens is 1. The Hall–Kier alpha value is -3.37. The first-order valence-electron chi connectivity index (χ1n) is 12.1. The third-order valence-electron chi connectivity index (χ3n) is 6.67. The van der Waals surface area contributed by atoms with E-state index in [4.69, 9.17) is 22.1 Å². The molecular weight excluding hydrogens is 484 g/mol. The lowest BCUT2D eigenvalue weighted by atomic mass is 9.91. The number of hydrogen-bond acceptors (Lipinski definition) is 7. The number of rotatable bonds is 5. The minimum Gasteiger partial charge on any atom is -0.453 e. The first kappa shape index (κ1) is 25.7. The quantitative estimate of drug-likeness (QED) is 0.523. The van der Waals surface area contributed by atoms with Gasteiger partial charge in [-0.15, -0.1) is 0 Å². The zero-order valence-corrected chi connectivity index (χ0v) is 21.0. The van der Waals surface area contributed by atoms with Crippen LogP contribution in [0.25, 0.3) is 0 Å². The summed E-state index contributed by atoms with van der Waals surface area (Å²) < 4.78 is 4.79. The molecule has 2 fully saturated rings. The summed E-state index contributed by atoms with van der Waals surface area (Å²) in [5.74, 6) is -0.302. The van der Waals surface area contributed by atoms with Crippen LogP contribution in [0.4, 0.5) is 16.2 Å². The summed E-state index contributed by atoms with van der Waals surface area (Å²) in [5, 5.41) is 6.14. The van der Waals surface area contributed by atoms with Crippen molar-refractivity contribution >= 4 is 40.9 Å². The van der Waals surface area contributed by atoms with E-state index in [1.807, 2.05) is 6.07 Å². The van der Waals surface area contributed by atoms with Crippen LogP contribution in [-0.2, 0) is 4.74 Å². The smallest absolute Gasteiger partial charge is 0.411 e. The molecule has 0 radical (unpaired) electrons. The van der Waals surface area contributed by atoms with Gasteiger partial charge in [0, 0.05) is 50.0 Å². The highest BCUT2D eigenvalue weighted by Crippen LogP contribution is 2.29. The minimum absolute atomic E-state index is 0.0930. The number of nitrogens with two attached hydrogens (primary N) is 1. The molecule has 1 aliphatic heterocycles. The predicted octanol–water partition coefficient (Wildman–Crippen LogP) is 2.88. The van der Waals surface area contributed by atoms with Crippen LogP contribution in [0.3, 0.4) is 0 Å². The van der Waals surface area contributed by atoms with Gasteiger partial charge in [-0.2, -0.15) is 0 Å². The van der Waals surface area contributed by atoms with Crippen LogP contribution in [0.15, 0.2) is 36.5 Å². The van der Waals surface area contributed by atoms with Crippen molar-refractivity contribution in [1.29, 1.82) is 0 Å². The molecule has 1 aromatic heterocycles. The molecule has 0 atom stereocenters. The molecule has 4 N–H and O–H groups in total. The highest BCUT2D eigenvalue weighted by molar-refractivity contribution is 6.29. The summed E-state index contributed by atoms with van der Waals surface area (Å²) in [6.45, 7) is 2.09. The van der Waals surface area contributed by atoms with E-state index in [1.165, 1.54) is 13.3 Å². The average molecular weight is 515 g/mol. The Labute approximate surface area is 215 Å². The molecule has 2 aliphatic rings. The maximum absolute atomic E-state index is 12.9. The van der Waals surface area contributed by atoms with Crippen molar-refractivity contribution in [2.45, 2.75) is 37.8 Å². The topological polar surface area (TPSA) is 130 Å². The van der Waals surface area contributed by atoms with Gasteiger partial charge in [0.25, 0.3) is 11.8 Å². The summed E-state index contributed by atoms with van der Waals surface area (Å²) in [6.07, 6.45) is 4.34. The lowest BCUT2D eigenvalue weighted by molar-refractivity contribution is 0.0746. The van der Waals surface area contributed by atoms with Gasteiger partial charge >= 0.3 is 6.09 Å². The Balaban J connectivity index is 1.45. The summed E-state index contributed by atoms with van der Waals surface area (Å²) in [6, 6.07) is 8.77. The van der Waals surface area contributed by atoms with Gasteiger partial charge in [0.1, 0.15) is 5.15 Å². The van der Waals surface area contributed by atoms with Crippen LogP contribution >= 0.6 is 11.6 Å². The number of ether oxygens (including phenoxy) is 1. The summed E-state index contributed by atoms with van der Waals surface area (Å²) in [4.78, 5) is 45.6. The third kappa shape index (κ3) is 6.24. The van der Waals surface area contributed by atoms with E-state index >= 15 is 0 Å². The molecule has 4 rings (SSSR count). The van der Waals surface area contributed by atoms with Crippen molar-refractivity contribution < 1.29 is 19.1 Å². The molecule has 3 amide bonds. The number of nitrogens with one attached hydrogen (secondary N) is 2. The molecule has 0 spiro atoms. The number of hydrogen-bond donors (Lipinski definition) is 3.